The third-order valence-electron chi connectivity index (χ3n) is 3.37. The number of aryl methyl sites for hydroxylation is 1. The average Bonchev–Trinajstić information content (AvgIpc) is 2.47. The summed E-state index contributed by atoms with van der Waals surface area (Å²) in [5, 5.41) is 5.66. The Bertz CT molecular complexity index is 466. The van der Waals surface area contributed by atoms with E-state index in [1.807, 2.05) is 17.9 Å². The Morgan fingerprint density at radius 2 is 2.21 bits per heavy atom. The first kappa shape index (κ1) is 8.04. The molecule has 0 bridgehead atoms. The van der Waals surface area contributed by atoms with Crippen molar-refractivity contribution in [2.75, 3.05) is 0 Å². The van der Waals surface area contributed by atoms with Gasteiger partial charge in [0.05, 0.1) is 11.7 Å². The lowest BCUT2D eigenvalue weighted by Crippen LogP contribution is -2.08. The van der Waals surface area contributed by atoms with E-state index in [0.29, 0.717) is 0 Å². The van der Waals surface area contributed by atoms with Gasteiger partial charge in [-0.25, -0.2) is 0 Å². The number of rotatable bonds is 1. The highest BCUT2D eigenvalue weighted by Crippen LogP contribution is 2.39. The molecule has 0 amide bonds. The van der Waals surface area contributed by atoms with Crippen molar-refractivity contribution in [1.29, 1.82) is 0 Å². The van der Waals surface area contributed by atoms with E-state index in [1.54, 1.807) is 0 Å². The predicted molar refractivity (Wildman–Crippen MR) is 57.3 cm³/mol. The summed E-state index contributed by atoms with van der Waals surface area (Å²) in [7, 11) is 2.01. The van der Waals surface area contributed by atoms with Crippen LogP contribution in [-0.2, 0) is 7.05 Å². The van der Waals surface area contributed by atoms with Gasteiger partial charge in [-0.15, -0.1) is 0 Å². The molecular weight excluding hydrogens is 172 g/mol. The van der Waals surface area contributed by atoms with Crippen LogP contribution in [-0.4, -0.2) is 9.78 Å². The molecule has 14 heavy (non-hydrogen) atoms. The van der Waals surface area contributed by atoms with E-state index >= 15 is 0 Å². The summed E-state index contributed by atoms with van der Waals surface area (Å²) in [6, 6.07) is 6.55. The maximum absolute atomic E-state index is 4.31. The Hall–Kier alpha value is -1.31. The van der Waals surface area contributed by atoms with Gasteiger partial charge in [0.25, 0.3) is 0 Å². The predicted octanol–water partition coefficient (Wildman–Crippen LogP) is 2.84. The van der Waals surface area contributed by atoms with Gasteiger partial charge in [0.2, 0.25) is 0 Å². The average molecular weight is 186 g/mol. The van der Waals surface area contributed by atoms with Crippen molar-refractivity contribution >= 4 is 10.9 Å². The van der Waals surface area contributed by atoms with Crippen molar-refractivity contribution < 1.29 is 0 Å². The molecule has 0 unspecified atom stereocenters. The highest BCUT2D eigenvalue weighted by atomic mass is 15.2. The fourth-order valence-corrected chi connectivity index (χ4v) is 2.28. The lowest BCUT2D eigenvalue weighted by molar-refractivity contribution is 0.422. The van der Waals surface area contributed by atoms with Gasteiger partial charge in [-0.2, -0.15) is 5.10 Å². The Morgan fingerprint density at radius 1 is 1.36 bits per heavy atom. The monoisotopic (exact) mass is 186 g/mol. The molecule has 1 fully saturated rings. The standard InChI is InChI=1S/C12H14N2/c1-14-12-7-3-6-10(9-4-2-5-9)11(12)8-13-14/h3,6-9H,2,4-5H2,1H3. The van der Waals surface area contributed by atoms with E-state index in [0.717, 1.165) is 5.92 Å². The second-order valence-corrected chi connectivity index (χ2v) is 4.18. The van der Waals surface area contributed by atoms with Crippen LogP contribution in [0.3, 0.4) is 0 Å². The van der Waals surface area contributed by atoms with Crippen molar-refractivity contribution in [2.24, 2.45) is 7.05 Å². The first-order valence-electron chi connectivity index (χ1n) is 5.27. The van der Waals surface area contributed by atoms with Crippen LogP contribution in [0.5, 0.6) is 0 Å². The second-order valence-electron chi connectivity index (χ2n) is 4.18. The summed E-state index contributed by atoms with van der Waals surface area (Å²) < 4.78 is 1.96. The smallest absolute Gasteiger partial charge is 0.0681 e. The van der Waals surface area contributed by atoms with E-state index < -0.39 is 0 Å². The zero-order valence-electron chi connectivity index (χ0n) is 8.40. The van der Waals surface area contributed by atoms with Crippen molar-refractivity contribution in [3.63, 3.8) is 0 Å². The van der Waals surface area contributed by atoms with Crippen LogP contribution in [0.2, 0.25) is 0 Å². The molecule has 0 radical (unpaired) electrons. The minimum atomic E-state index is 0.794. The molecule has 1 heterocycles. The van der Waals surface area contributed by atoms with E-state index in [1.165, 1.54) is 35.7 Å². The minimum Gasteiger partial charge on any atom is -0.268 e. The summed E-state index contributed by atoms with van der Waals surface area (Å²) in [5.41, 5.74) is 2.76. The molecule has 1 saturated carbocycles. The van der Waals surface area contributed by atoms with Crippen molar-refractivity contribution in [3.8, 4) is 0 Å². The first-order valence-corrected chi connectivity index (χ1v) is 5.27. The van der Waals surface area contributed by atoms with Crippen LogP contribution >= 0.6 is 0 Å². The Kier molecular flexibility index (Phi) is 1.63. The van der Waals surface area contributed by atoms with Gasteiger partial charge in [-0.1, -0.05) is 18.6 Å². The number of hydrogen-bond donors (Lipinski definition) is 0. The van der Waals surface area contributed by atoms with Gasteiger partial charge in [0.1, 0.15) is 0 Å². The summed E-state index contributed by atoms with van der Waals surface area (Å²) in [4.78, 5) is 0. The number of hydrogen-bond acceptors (Lipinski definition) is 1. The summed E-state index contributed by atoms with van der Waals surface area (Å²) in [5.74, 6) is 0.794. The molecule has 0 spiro atoms. The summed E-state index contributed by atoms with van der Waals surface area (Å²) in [6.07, 6.45) is 6.10. The van der Waals surface area contributed by atoms with Crippen molar-refractivity contribution in [1.82, 2.24) is 9.78 Å². The number of nitrogens with zero attached hydrogens (tertiary/aromatic N) is 2. The lowest BCUT2D eigenvalue weighted by atomic mass is 9.79. The molecule has 72 valence electrons. The molecule has 3 rings (SSSR count). The molecule has 0 atom stereocenters. The topological polar surface area (TPSA) is 17.8 Å². The second kappa shape index (κ2) is 2.84. The minimum absolute atomic E-state index is 0.794. The summed E-state index contributed by atoms with van der Waals surface area (Å²) in [6.45, 7) is 0. The maximum Gasteiger partial charge on any atom is 0.0681 e. The van der Waals surface area contributed by atoms with Crippen molar-refractivity contribution in [3.05, 3.63) is 30.0 Å². The Morgan fingerprint density at radius 3 is 2.93 bits per heavy atom. The van der Waals surface area contributed by atoms with Crippen LogP contribution in [0.4, 0.5) is 0 Å². The Balaban J connectivity index is 2.22. The van der Waals surface area contributed by atoms with Gasteiger partial charge >= 0.3 is 0 Å². The van der Waals surface area contributed by atoms with E-state index in [4.69, 9.17) is 0 Å². The van der Waals surface area contributed by atoms with E-state index in [-0.39, 0.29) is 0 Å². The van der Waals surface area contributed by atoms with Gasteiger partial charge in [0, 0.05) is 12.4 Å². The van der Waals surface area contributed by atoms with Crippen LogP contribution in [0.25, 0.3) is 10.9 Å². The highest BCUT2D eigenvalue weighted by molar-refractivity contribution is 5.82. The normalized spacial score (nSPS) is 17.2. The SMILES string of the molecule is Cn1ncc2c(C3CCC3)cccc21. The van der Waals surface area contributed by atoms with Crippen LogP contribution in [0, 0.1) is 0 Å². The molecule has 2 aromatic rings. The van der Waals surface area contributed by atoms with Crippen LogP contribution in [0.15, 0.2) is 24.4 Å². The molecule has 1 aromatic heterocycles. The van der Waals surface area contributed by atoms with E-state index in [2.05, 4.69) is 23.3 Å². The lowest BCUT2D eigenvalue weighted by Gasteiger charge is -2.26. The number of aromatic nitrogens is 2. The van der Waals surface area contributed by atoms with Crippen LogP contribution in [0.1, 0.15) is 30.7 Å². The number of fused-ring (bicyclic) bond motifs is 1. The fourth-order valence-electron chi connectivity index (χ4n) is 2.28. The highest BCUT2D eigenvalue weighted by Gasteiger charge is 2.21. The first-order chi connectivity index (χ1) is 6.86. The largest absolute Gasteiger partial charge is 0.268 e. The van der Waals surface area contributed by atoms with Gasteiger partial charge in [-0.05, 0) is 30.4 Å². The van der Waals surface area contributed by atoms with Crippen LogP contribution < -0.4 is 0 Å². The van der Waals surface area contributed by atoms with E-state index in [9.17, 15) is 0 Å². The molecule has 0 aliphatic heterocycles. The molecule has 1 aliphatic rings. The molecule has 0 N–H and O–H groups in total. The van der Waals surface area contributed by atoms with Crippen molar-refractivity contribution in [2.45, 2.75) is 25.2 Å². The molecular formula is C12H14N2. The zero-order chi connectivity index (χ0) is 9.54. The molecule has 1 aliphatic carbocycles. The molecule has 1 aromatic carbocycles. The van der Waals surface area contributed by atoms with Gasteiger partial charge in [0.15, 0.2) is 0 Å². The fraction of sp³-hybridized carbons (Fsp3) is 0.417. The third kappa shape index (κ3) is 0.999. The quantitative estimate of drug-likeness (QED) is 0.669. The maximum atomic E-state index is 4.31. The molecule has 0 saturated heterocycles. The van der Waals surface area contributed by atoms with Gasteiger partial charge in [-0.3, -0.25) is 4.68 Å². The van der Waals surface area contributed by atoms with Gasteiger partial charge < -0.3 is 0 Å². The zero-order valence-corrected chi connectivity index (χ0v) is 8.40. The molecule has 2 nitrogen and oxygen atoms in total. The number of benzene rings is 1. The Labute approximate surface area is 83.5 Å². The summed E-state index contributed by atoms with van der Waals surface area (Å²) >= 11 is 0. The molecule has 2 heteroatoms. The third-order valence-corrected chi connectivity index (χ3v) is 3.37.